The SMILES string of the molecule is Brc1cc(NC2CCCOC2)nc(C2CC2)n1. The smallest absolute Gasteiger partial charge is 0.135 e. The molecule has 1 aromatic heterocycles. The molecule has 2 fully saturated rings. The van der Waals surface area contributed by atoms with E-state index in [2.05, 4.69) is 31.2 Å². The Balaban J connectivity index is 1.72. The maximum atomic E-state index is 5.46. The van der Waals surface area contributed by atoms with Gasteiger partial charge in [0.25, 0.3) is 0 Å². The molecule has 1 unspecified atom stereocenters. The normalized spacial score (nSPS) is 24.6. The van der Waals surface area contributed by atoms with Gasteiger partial charge < -0.3 is 10.1 Å². The van der Waals surface area contributed by atoms with E-state index >= 15 is 0 Å². The lowest BCUT2D eigenvalue weighted by atomic mass is 10.1. The summed E-state index contributed by atoms with van der Waals surface area (Å²) in [5.74, 6) is 2.47. The van der Waals surface area contributed by atoms with Crippen molar-refractivity contribution in [1.82, 2.24) is 9.97 Å². The third-order valence-corrected chi connectivity index (χ3v) is 3.57. The third-order valence-electron chi connectivity index (χ3n) is 3.17. The van der Waals surface area contributed by atoms with Crippen molar-refractivity contribution < 1.29 is 4.74 Å². The van der Waals surface area contributed by atoms with Gasteiger partial charge in [0.15, 0.2) is 0 Å². The van der Waals surface area contributed by atoms with Crippen LogP contribution >= 0.6 is 15.9 Å². The fraction of sp³-hybridized carbons (Fsp3) is 0.667. The molecule has 3 rings (SSSR count). The van der Waals surface area contributed by atoms with Crippen molar-refractivity contribution in [3.63, 3.8) is 0 Å². The molecule has 1 aromatic rings. The maximum Gasteiger partial charge on any atom is 0.135 e. The van der Waals surface area contributed by atoms with Crippen molar-refractivity contribution in [1.29, 1.82) is 0 Å². The van der Waals surface area contributed by atoms with Gasteiger partial charge in [-0.25, -0.2) is 9.97 Å². The van der Waals surface area contributed by atoms with Crippen LogP contribution in [0.1, 0.15) is 37.4 Å². The molecule has 0 aromatic carbocycles. The van der Waals surface area contributed by atoms with Crippen LogP contribution in [-0.2, 0) is 4.74 Å². The first-order valence-corrected chi connectivity index (χ1v) is 6.99. The van der Waals surface area contributed by atoms with Gasteiger partial charge in [-0.3, -0.25) is 0 Å². The lowest BCUT2D eigenvalue weighted by Gasteiger charge is -2.23. The minimum atomic E-state index is 0.387. The summed E-state index contributed by atoms with van der Waals surface area (Å²) in [5.41, 5.74) is 0. The van der Waals surface area contributed by atoms with Crippen LogP contribution in [0.25, 0.3) is 0 Å². The van der Waals surface area contributed by atoms with Gasteiger partial charge in [-0.15, -0.1) is 0 Å². The van der Waals surface area contributed by atoms with Crippen molar-refractivity contribution in [3.8, 4) is 0 Å². The number of nitrogens with one attached hydrogen (secondary N) is 1. The highest BCUT2D eigenvalue weighted by Gasteiger charge is 2.27. The summed E-state index contributed by atoms with van der Waals surface area (Å²) < 4.78 is 6.33. The fourth-order valence-corrected chi connectivity index (χ4v) is 2.50. The Bertz CT molecular complexity index is 403. The lowest BCUT2D eigenvalue weighted by Crippen LogP contribution is -2.30. The second-order valence-corrected chi connectivity index (χ2v) is 5.58. The Morgan fingerprint density at radius 2 is 2.18 bits per heavy atom. The zero-order chi connectivity index (χ0) is 11.7. The molecule has 5 heteroatoms. The van der Waals surface area contributed by atoms with Crippen LogP contribution in [0.2, 0.25) is 0 Å². The van der Waals surface area contributed by atoms with Crippen molar-refractivity contribution >= 4 is 21.7 Å². The minimum absolute atomic E-state index is 0.387. The molecule has 0 radical (unpaired) electrons. The Hall–Kier alpha value is -0.680. The van der Waals surface area contributed by atoms with Crippen LogP contribution in [-0.4, -0.2) is 29.2 Å². The summed E-state index contributed by atoms with van der Waals surface area (Å²) in [6, 6.07) is 2.33. The van der Waals surface area contributed by atoms with Gasteiger partial charge in [0.1, 0.15) is 16.2 Å². The van der Waals surface area contributed by atoms with Crippen LogP contribution in [0.5, 0.6) is 0 Å². The summed E-state index contributed by atoms with van der Waals surface area (Å²) in [6.45, 7) is 1.67. The highest BCUT2D eigenvalue weighted by Crippen LogP contribution is 2.38. The first kappa shape index (κ1) is 11.4. The van der Waals surface area contributed by atoms with Crippen molar-refractivity contribution in [2.75, 3.05) is 18.5 Å². The number of rotatable bonds is 3. The third kappa shape index (κ3) is 2.96. The Kier molecular flexibility index (Phi) is 3.29. The van der Waals surface area contributed by atoms with Gasteiger partial charge in [0, 0.05) is 18.6 Å². The largest absolute Gasteiger partial charge is 0.379 e. The molecule has 0 spiro atoms. The number of hydrogen-bond donors (Lipinski definition) is 1. The highest BCUT2D eigenvalue weighted by molar-refractivity contribution is 9.10. The molecule has 2 aliphatic rings. The lowest BCUT2D eigenvalue weighted by molar-refractivity contribution is 0.0875. The number of hydrogen-bond acceptors (Lipinski definition) is 4. The molecule has 1 saturated heterocycles. The van der Waals surface area contributed by atoms with Gasteiger partial charge >= 0.3 is 0 Å². The molecule has 0 amide bonds. The topological polar surface area (TPSA) is 47.0 Å². The van der Waals surface area contributed by atoms with E-state index in [9.17, 15) is 0 Å². The predicted molar refractivity (Wildman–Crippen MR) is 69.2 cm³/mol. The predicted octanol–water partition coefficient (Wildman–Crippen LogP) is 2.71. The fourth-order valence-electron chi connectivity index (χ4n) is 2.10. The molecule has 17 heavy (non-hydrogen) atoms. The first-order chi connectivity index (χ1) is 8.31. The standard InChI is InChI=1S/C12H16BrN3O/c13-10-6-11(14-9-2-1-5-17-7-9)16-12(15-10)8-3-4-8/h6,8-9H,1-5,7H2,(H,14,15,16). The van der Waals surface area contributed by atoms with Crippen molar-refractivity contribution in [3.05, 3.63) is 16.5 Å². The van der Waals surface area contributed by atoms with E-state index in [1.165, 1.54) is 12.8 Å². The average Bonchev–Trinajstić information content (AvgIpc) is 3.13. The highest BCUT2D eigenvalue weighted by atomic mass is 79.9. The van der Waals surface area contributed by atoms with Crippen LogP contribution in [0.15, 0.2) is 10.7 Å². The molecular weight excluding hydrogens is 282 g/mol. The summed E-state index contributed by atoms with van der Waals surface area (Å²) in [6.07, 6.45) is 4.73. The number of nitrogens with zero attached hydrogens (tertiary/aromatic N) is 2. The van der Waals surface area contributed by atoms with E-state index < -0.39 is 0 Å². The van der Waals surface area contributed by atoms with E-state index in [-0.39, 0.29) is 0 Å². The summed E-state index contributed by atoms with van der Waals surface area (Å²) in [5, 5.41) is 3.44. The van der Waals surface area contributed by atoms with Gasteiger partial charge in [-0.05, 0) is 41.6 Å². The van der Waals surface area contributed by atoms with Crippen molar-refractivity contribution in [2.24, 2.45) is 0 Å². The van der Waals surface area contributed by atoms with Crippen LogP contribution in [0, 0.1) is 0 Å². The quantitative estimate of drug-likeness (QED) is 0.872. The average molecular weight is 298 g/mol. The monoisotopic (exact) mass is 297 g/mol. The van der Waals surface area contributed by atoms with Gasteiger partial charge in [-0.2, -0.15) is 0 Å². The molecule has 1 aliphatic carbocycles. The second-order valence-electron chi connectivity index (χ2n) is 4.77. The van der Waals surface area contributed by atoms with E-state index in [0.29, 0.717) is 12.0 Å². The summed E-state index contributed by atoms with van der Waals surface area (Å²) >= 11 is 3.45. The van der Waals surface area contributed by atoms with Crippen LogP contribution < -0.4 is 5.32 Å². The second kappa shape index (κ2) is 4.90. The molecule has 1 N–H and O–H groups in total. The maximum absolute atomic E-state index is 5.46. The minimum Gasteiger partial charge on any atom is -0.379 e. The Morgan fingerprint density at radius 3 is 2.88 bits per heavy atom. The number of halogens is 1. The molecule has 1 atom stereocenters. The first-order valence-electron chi connectivity index (χ1n) is 6.20. The summed E-state index contributed by atoms with van der Waals surface area (Å²) in [7, 11) is 0. The Morgan fingerprint density at radius 1 is 1.29 bits per heavy atom. The van der Waals surface area contributed by atoms with Crippen LogP contribution in [0.3, 0.4) is 0 Å². The van der Waals surface area contributed by atoms with Gasteiger partial charge in [0.2, 0.25) is 0 Å². The molecule has 2 heterocycles. The van der Waals surface area contributed by atoms with E-state index in [1.54, 1.807) is 0 Å². The zero-order valence-corrected chi connectivity index (χ0v) is 11.2. The number of anilines is 1. The van der Waals surface area contributed by atoms with E-state index in [0.717, 1.165) is 42.3 Å². The molecule has 92 valence electrons. The molecule has 1 saturated carbocycles. The molecule has 1 aliphatic heterocycles. The zero-order valence-electron chi connectivity index (χ0n) is 9.66. The molecule has 4 nitrogen and oxygen atoms in total. The van der Waals surface area contributed by atoms with Crippen LogP contribution in [0.4, 0.5) is 5.82 Å². The summed E-state index contributed by atoms with van der Waals surface area (Å²) in [4.78, 5) is 9.01. The number of aromatic nitrogens is 2. The molecule has 0 bridgehead atoms. The van der Waals surface area contributed by atoms with E-state index in [4.69, 9.17) is 4.74 Å². The van der Waals surface area contributed by atoms with E-state index in [1.807, 2.05) is 6.07 Å². The Labute approximate surface area is 109 Å². The van der Waals surface area contributed by atoms with Gasteiger partial charge in [-0.1, -0.05) is 0 Å². The molecular formula is C12H16BrN3O. The van der Waals surface area contributed by atoms with Gasteiger partial charge in [0.05, 0.1) is 12.6 Å². The van der Waals surface area contributed by atoms with Crippen molar-refractivity contribution in [2.45, 2.75) is 37.6 Å². The number of ether oxygens (including phenoxy) is 1.